The number of nitrogens with zero attached hydrogens (tertiary/aromatic N) is 4. The molecule has 0 N–H and O–H groups in total. The van der Waals surface area contributed by atoms with E-state index >= 15 is 0 Å². The van der Waals surface area contributed by atoms with Gasteiger partial charge in [-0.2, -0.15) is 5.26 Å². The Balaban J connectivity index is 2.50. The van der Waals surface area contributed by atoms with Crippen LogP contribution in [0, 0.1) is 11.3 Å². The molecule has 0 bridgehead atoms. The first-order chi connectivity index (χ1) is 9.58. The maximum Gasteiger partial charge on any atom is 0.127 e. The summed E-state index contributed by atoms with van der Waals surface area (Å²) in [5, 5.41) is 9.01. The molecule has 106 valence electrons. The van der Waals surface area contributed by atoms with Crippen molar-refractivity contribution in [2.75, 3.05) is 20.1 Å². The number of fused-ring (bicyclic) bond motifs is 1. The van der Waals surface area contributed by atoms with Gasteiger partial charge in [0.15, 0.2) is 0 Å². The van der Waals surface area contributed by atoms with E-state index < -0.39 is 0 Å². The average Bonchev–Trinajstić information content (AvgIpc) is 2.83. The van der Waals surface area contributed by atoms with Crippen molar-refractivity contribution in [1.82, 2.24) is 14.5 Å². The summed E-state index contributed by atoms with van der Waals surface area (Å²) >= 11 is 6.24. The van der Waals surface area contributed by atoms with Gasteiger partial charge in [-0.1, -0.05) is 13.0 Å². The third-order valence-electron chi connectivity index (χ3n) is 3.53. The van der Waals surface area contributed by atoms with Gasteiger partial charge in [0.05, 0.1) is 16.5 Å². The quantitative estimate of drug-likeness (QED) is 0.795. The van der Waals surface area contributed by atoms with Crippen molar-refractivity contribution >= 4 is 22.6 Å². The lowest BCUT2D eigenvalue weighted by atomic mass is 10.2. The van der Waals surface area contributed by atoms with Crippen LogP contribution in [0.1, 0.15) is 30.6 Å². The molecule has 1 aromatic heterocycles. The monoisotopic (exact) mass is 290 g/mol. The van der Waals surface area contributed by atoms with Gasteiger partial charge in [0, 0.05) is 13.1 Å². The number of alkyl halides is 1. The lowest BCUT2D eigenvalue weighted by molar-refractivity contribution is 0.335. The second-order valence-electron chi connectivity index (χ2n) is 4.92. The number of nitriles is 1. The van der Waals surface area contributed by atoms with Crippen molar-refractivity contribution in [3.05, 3.63) is 29.6 Å². The van der Waals surface area contributed by atoms with Gasteiger partial charge in [-0.15, -0.1) is 11.6 Å². The first-order valence-electron chi connectivity index (χ1n) is 6.80. The second kappa shape index (κ2) is 6.25. The highest BCUT2D eigenvalue weighted by Gasteiger charge is 2.16. The molecule has 20 heavy (non-hydrogen) atoms. The fraction of sp³-hybridized carbons (Fsp3) is 0.467. The zero-order chi connectivity index (χ0) is 14.7. The zero-order valence-electron chi connectivity index (χ0n) is 12.1. The predicted octanol–water partition coefficient (Wildman–Crippen LogP) is 3.16. The molecule has 0 saturated heterocycles. The molecule has 0 spiro atoms. The van der Waals surface area contributed by atoms with Crippen LogP contribution in [0.4, 0.5) is 0 Å². The van der Waals surface area contributed by atoms with Crippen LogP contribution < -0.4 is 0 Å². The summed E-state index contributed by atoms with van der Waals surface area (Å²) in [5.74, 6) is 0.828. The number of hydrogen-bond acceptors (Lipinski definition) is 3. The van der Waals surface area contributed by atoms with Crippen LogP contribution >= 0.6 is 11.6 Å². The number of rotatable bonds is 5. The number of para-hydroxylation sites is 1. The van der Waals surface area contributed by atoms with Crippen LogP contribution in [0.3, 0.4) is 0 Å². The van der Waals surface area contributed by atoms with E-state index in [2.05, 4.69) is 34.5 Å². The van der Waals surface area contributed by atoms with Gasteiger partial charge in [0.1, 0.15) is 17.4 Å². The summed E-state index contributed by atoms with van der Waals surface area (Å²) in [6.07, 6.45) is 0. The van der Waals surface area contributed by atoms with Crippen molar-refractivity contribution < 1.29 is 0 Å². The topological polar surface area (TPSA) is 44.9 Å². The van der Waals surface area contributed by atoms with E-state index in [0.717, 1.165) is 36.5 Å². The van der Waals surface area contributed by atoms with Crippen molar-refractivity contribution in [1.29, 1.82) is 5.26 Å². The molecule has 4 nitrogen and oxygen atoms in total. The van der Waals surface area contributed by atoms with Gasteiger partial charge in [0.25, 0.3) is 0 Å². The third-order valence-corrected chi connectivity index (χ3v) is 3.73. The van der Waals surface area contributed by atoms with Crippen LogP contribution in [0.15, 0.2) is 18.2 Å². The Morgan fingerprint density at radius 3 is 2.85 bits per heavy atom. The van der Waals surface area contributed by atoms with E-state index in [4.69, 9.17) is 11.6 Å². The van der Waals surface area contributed by atoms with Gasteiger partial charge in [-0.3, -0.25) is 0 Å². The van der Waals surface area contributed by atoms with Crippen molar-refractivity contribution in [2.45, 2.75) is 25.8 Å². The van der Waals surface area contributed by atoms with E-state index in [1.807, 2.05) is 19.1 Å². The Kier molecular flexibility index (Phi) is 4.64. The maximum absolute atomic E-state index is 9.19. The van der Waals surface area contributed by atoms with Crippen molar-refractivity contribution in [2.24, 2.45) is 0 Å². The third kappa shape index (κ3) is 2.79. The van der Waals surface area contributed by atoms with E-state index in [1.165, 1.54) is 0 Å². The summed E-state index contributed by atoms with van der Waals surface area (Å²) in [5.41, 5.74) is 2.33. The van der Waals surface area contributed by atoms with Crippen LogP contribution in [-0.4, -0.2) is 34.6 Å². The first-order valence-corrected chi connectivity index (χ1v) is 7.24. The number of likely N-dealkylation sites (N-methyl/N-ethyl adjacent to an activating group) is 1. The largest absolute Gasteiger partial charge is 0.325 e. The molecule has 1 atom stereocenters. The number of hydrogen-bond donors (Lipinski definition) is 0. The molecule has 0 aliphatic rings. The van der Waals surface area contributed by atoms with Crippen LogP contribution in [-0.2, 0) is 6.54 Å². The highest BCUT2D eigenvalue weighted by molar-refractivity contribution is 6.20. The van der Waals surface area contributed by atoms with Crippen molar-refractivity contribution in [3.8, 4) is 6.07 Å². The first kappa shape index (κ1) is 14.8. The molecule has 1 aromatic carbocycles. The second-order valence-corrected chi connectivity index (χ2v) is 5.57. The Bertz CT molecular complexity index is 639. The van der Waals surface area contributed by atoms with Crippen LogP contribution in [0.2, 0.25) is 0 Å². The average molecular weight is 291 g/mol. The summed E-state index contributed by atoms with van der Waals surface area (Å²) in [6, 6.07) is 7.88. The molecule has 0 aliphatic carbocycles. The smallest absolute Gasteiger partial charge is 0.127 e. The normalized spacial score (nSPS) is 12.8. The van der Waals surface area contributed by atoms with Gasteiger partial charge >= 0.3 is 0 Å². The maximum atomic E-state index is 9.19. The molecule has 5 heteroatoms. The number of benzene rings is 1. The van der Waals surface area contributed by atoms with Gasteiger partial charge in [-0.25, -0.2) is 4.98 Å². The summed E-state index contributed by atoms with van der Waals surface area (Å²) < 4.78 is 2.12. The summed E-state index contributed by atoms with van der Waals surface area (Å²) in [6.45, 7) is 6.79. The van der Waals surface area contributed by atoms with E-state index in [-0.39, 0.29) is 5.38 Å². The lowest BCUT2D eigenvalue weighted by Crippen LogP contribution is -2.23. The molecule has 0 radical (unpaired) electrons. The molecule has 1 heterocycles. The molecule has 2 rings (SSSR count). The predicted molar refractivity (Wildman–Crippen MR) is 81.9 cm³/mol. The fourth-order valence-electron chi connectivity index (χ4n) is 2.22. The Morgan fingerprint density at radius 2 is 2.25 bits per heavy atom. The Hall–Kier alpha value is -1.57. The molecule has 1 unspecified atom stereocenters. The van der Waals surface area contributed by atoms with Crippen molar-refractivity contribution in [3.63, 3.8) is 0 Å². The Morgan fingerprint density at radius 1 is 1.50 bits per heavy atom. The minimum atomic E-state index is -0.180. The minimum Gasteiger partial charge on any atom is -0.325 e. The molecular formula is C15H19ClN4. The minimum absolute atomic E-state index is 0.180. The number of aromatic nitrogens is 2. The fourth-order valence-corrected chi connectivity index (χ4v) is 2.39. The highest BCUT2D eigenvalue weighted by Crippen LogP contribution is 2.26. The lowest BCUT2D eigenvalue weighted by Gasteiger charge is -2.16. The van der Waals surface area contributed by atoms with E-state index in [1.54, 1.807) is 6.07 Å². The van der Waals surface area contributed by atoms with Gasteiger partial charge in [-0.05, 0) is 32.6 Å². The number of imidazole rings is 1. The van der Waals surface area contributed by atoms with E-state index in [9.17, 15) is 5.26 Å². The molecule has 0 fully saturated rings. The molecule has 0 aliphatic heterocycles. The zero-order valence-corrected chi connectivity index (χ0v) is 12.9. The van der Waals surface area contributed by atoms with Gasteiger partial charge in [0.2, 0.25) is 0 Å². The van der Waals surface area contributed by atoms with Gasteiger partial charge < -0.3 is 9.47 Å². The summed E-state index contributed by atoms with van der Waals surface area (Å²) in [7, 11) is 2.09. The SMILES string of the molecule is CCN(C)CCn1c(C(C)Cl)nc2c(C#N)cccc21. The molecule has 0 saturated carbocycles. The summed E-state index contributed by atoms with van der Waals surface area (Å²) in [4.78, 5) is 6.82. The number of halogens is 1. The molecule has 0 amide bonds. The highest BCUT2D eigenvalue weighted by atomic mass is 35.5. The van der Waals surface area contributed by atoms with Crippen LogP contribution in [0.5, 0.6) is 0 Å². The van der Waals surface area contributed by atoms with E-state index in [0.29, 0.717) is 5.56 Å². The molecular weight excluding hydrogens is 272 g/mol. The van der Waals surface area contributed by atoms with Crippen LogP contribution in [0.25, 0.3) is 11.0 Å². The molecule has 2 aromatic rings. The Labute approximate surface area is 124 Å². The standard InChI is InChI=1S/C15H19ClN4/c1-4-19(3)8-9-20-13-7-5-6-12(10-17)14(13)18-15(20)11(2)16/h5-7,11H,4,8-9H2,1-3H3.